The number of β-amino-alcohol motifs (C(OH)–C–C–N with tert-alkyl or cyclic N) is 1. The number of carbonyl (C=O) groups is 1. The number of thiophene rings is 1. The Morgan fingerprint density at radius 1 is 1.43 bits per heavy atom. The van der Waals surface area contributed by atoms with Crippen molar-refractivity contribution in [1.29, 1.82) is 0 Å². The van der Waals surface area contributed by atoms with Crippen molar-refractivity contribution in [2.45, 2.75) is 26.0 Å². The molecule has 2 heterocycles. The Bertz CT molecular complexity index is 682. The summed E-state index contributed by atoms with van der Waals surface area (Å²) in [5, 5.41) is 12.3. The topological polar surface area (TPSA) is 49.8 Å². The second-order valence-corrected chi connectivity index (χ2v) is 6.90. The molecule has 1 aliphatic heterocycles. The molecule has 0 amide bonds. The zero-order valence-corrected chi connectivity index (χ0v) is 14.0. The van der Waals surface area contributed by atoms with Crippen LogP contribution < -0.4 is 4.74 Å². The molecule has 3 rings (SSSR count). The number of ketones is 1. The molecule has 0 unspecified atom stereocenters. The van der Waals surface area contributed by atoms with Gasteiger partial charge in [-0.15, -0.1) is 11.3 Å². The number of rotatable bonds is 6. The molecule has 1 N–H and O–H groups in total. The van der Waals surface area contributed by atoms with Crippen molar-refractivity contribution < 1.29 is 14.6 Å². The van der Waals surface area contributed by atoms with E-state index in [-0.39, 0.29) is 12.4 Å². The van der Waals surface area contributed by atoms with E-state index < -0.39 is 6.10 Å². The van der Waals surface area contributed by atoms with Crippen LogP contribution in [0.4, 0.5) is 0 Å². The summed E-state index contributed by atoms with van der Waals surface area (Å²) in [4.78, 5) is 15.1. The fraction of sp³-hybridized carbons (Fsp3) is 0.389. The number of aliphatic hydroxyl groups excluding tert-OH is 1. The van der Waals surface area contributed by atoms with E-state index in [0.717, 1.165) is 19.5 Å². The molecule has 1 atom stereocenters. The Balaban J connectivity index is 1.49. The van der Waals surface area contributed by atoms with Crippen LogP contribution in [0.15, 0.2) is 35.7 Å². The molecule has 0 saturated carbocycles. The molecule has 0 spiro atoms. The van der Waals surface area contributed by atoms with E-state index in [9.17, 15) is 9.90 Å². The molecule has 23 heavy (non-hydrogen) atoms. The highest BCUT2D eigenvalue weighted by Crippen LogP contribution is 2.24. The van der Waals surface area contributed by atoms with E-state index in [1.807, 2.05) is 11.3 Å². The van der Waals surface area contributed by atoms with Crippen LogP contribution in [-0.4, -0.2) is 41.6 Å². The van der Waals surface area contributed by atoms with Crippen LogP contribution in [-0.2, 0) is 13.0 Å². The highest BCUT2D eigenvalue weighted by molar-refractivity contribution is 7.10. The third kappa shape index (κ3) is 4.19. The number of hydrogen-bond acceptors (Lipinski definition) is 5. The van der Waals surface area contributed by atoms with Gasteiger partial charge >= 0.3 is 0 Å². The maximum Gasteiger partial charge on any atom is 0.159 e. The fourth-order valence-corrected chi connectivity index (χ4v) is 3.70. The predicted octanol–water partition coefficient (Wildman–Crippen LogP) is 2.75. The van der Waals surface area contributed by atoms with Crippen LogP contribution in [0.5, 0.6) is 5.75 Å². The predicted molar refractivity (Wildman–Crippen MR) is 91.2 cm³/mol. The van der Waals surface area contributed by atoms with Gasteiger partial charge in [0.05, 0.1) is 0 Å². The number of Topliss-reactive ketones (excluding diaryl/α,β-unsaturated/α-hetero) is 1. The van der Waals surface area contributed by atoms with E-state index in [1.165, 1.54) is 17.4 Å². The summed E-state index contributed by atoms with van der Waals surface area (Å²) in [7, 11) is 0. The highest BCUT2D eigenvalue weighted by Gasteiger charge is 2.19. The number of nitrogens with zero attached hydrogens (tertiary/aromatic N) is 1. The van der Waals surface area contributed by atoms with Gasteiger partial charge in [-0.1, -0.05) is 12.1 Å². The average Bonchev–Trinajstić information content (AvgIpc) is 3.01. The summed E-state index contributed by atoms with van der Waals surface area (Å²) in [5.74, 6) is 0.631. The summed E-state index contributed by atoms with van der Waals surface area (Å²) < 4.78 is 5.63. The van der Waals surface area contributed by atoms with E-state index in [1.54, 1.807) is 24.3 Å². The number of fused-ring (bicyclic) bond motifs is 1. The maximum atomic E-state index is 11.4. The Morgan fingerprint density at radius 3 is 3.13 bits per heavy atom. The van der Waals surface area contributed by atoms with Crippen molar-refractivity contribution >= 4 is 17.1 Å². The van der Waals surface area contributed by atoms with Gasteiger partial charge in [-0.2, -0.15) is 0 Å². The number of aliphatic hydroxyl groups is 1. The van der Waals surface area contributed by atoms with Crippen LogP contribution in [0.1, 0.15) is 27.7 Å². The Morgan fingerprint density at radius 2 is 2.30 bits per heavy atom. The van der Waals surface area contributed by atoms with Crippen LogP contribution in [0.3, 0.4) is 0 Å². The number of hydrogen-bond donors (Lipinski definition) is 1. The lowest BCUT2D eigenvalue weighted by atomic mass is 10.1. The lowest BCUT2D eigenvalue weighted by molar-refractivity contribution is 0.0640. The maximum absolute atomic E-state index is 11.4. The quantitative estimate of drug-likeness (QED) is 0.827. The van der Waals surface area contributed by atoms with Gasteiger partial charge in [-0.05, 0) is 42.5 Å². The molecule has 122 valence electrons. The van der Waals surface area contributed by atoms with E-state index in [2.05, 4.69) is 16.3 Å². The van der Waals surface area contributed by atoms with Crippen molar-refractivity contribution in [1.82, 2.24) is 4.90 Å². The van der Waals surface area contributed by atoms with Crippen molar-refractivity contribution in [2.75, 3.05) is 19.7 Å². The molecule has 0 bridgehead atoms. The summed E-state index contributed by atoms with van der Waals surface area (Å²) >= 11 is 1.82. The van der Waals surface area contributed by atoms with Gasteiger partial charge in [-0.3, -0.25) is 9.69 Å². The van der Waals surface area contributed by atoms with Gasteiger partial charge in [0.1, 0.15) is 18.5 Å². The minimum atomic E-state index is -0.545. The Kier molecular flexibility index (Phi) is 5.10. The summed E-state index contributed by atoms with van der Waals surface area (Å²) in [5.41, 5.74) is 2.00. The summed E-state index contributed by atoms with van der Waals surface area (Å²) in [6.45, 7) is 4.24. The first-order valence-corrected chi connectivity index (χ1v) is 8.69. The fourth-order valence-electron chi connectivity index (χ4n) is 2.81. The van der Waals surface area contributed by atoms with Gasteiger partial charge in [-0.25, -0.2) is 0 Å². The van der Waals surface area contributed by atoms with E-state index in [4.69, 9.17) is 4.74 Å². The zero-order valence-electron chi connectivity index (χ0n) is 13.2. The molecule has 0 radical (unpaired) electrons. The van der Waals surface area contributed by atoms with E-state index in [0.29, 0.717) is 17.9 Å². The van der Waals surface area contributed by atoms with Gasteiger partial charge in [0.15, 0.2) is 5.78 Å². The van der Waals surface area contributed by atoms with Gasteiger partial charge in [0.25, 0.3) is 0 Å². The molecule has 5 heteroatoms. The lowest BCUT2D eigenvalue weighted by Crippen LogP contribution is -2.38. The van der Waals surface area contributed by atoms with Gasteiger partial charge in [0, 0.05) is 30.1 Å². The molecule has 1 aromatic heterocycles. The molecular formula is C18H21NO3S. The van der Waals surface area contributed by atoms with Crippen molar-refractivity contribution in [2.24, 2.45) is 0 Å². The summed E-state index contributed by atoms with van der Waals surface area (Å²) in [6, 6.07) is 9.24. The third-order valence-corrected chi connectivity index (χ3v) is 5.06. The Hall–Kier alpha value is -1.69. The minimum Gasteiger partial charge on any atom is -0.491 e. The Labute approximate surface area is 140 Å². The van der Waals surface area contributed by atoms with Crippen LogP contribution in [0.25, 0.3) is 0 Å². The van der Waals surface area contributed by atoms with Crippen LogP contribution >= 0.6 is 11.3 Å². The van der Waals surface area contributed by atoms with Crippen molar-refractivity contribution in [3.05, 3.63) is 51.7 Å². The first-order chi connectivity index (χ1) is 11.1. The van der Waals surface area contributed by atoms with Gasteiger partial charge < -0.3 is 9.84 Å². The number of carbonyl (C=O) groups excluding carboxylic acids is 1. The first-order valence-electron chi connectivity index (χ1n) is 7.81. The molecule has 1 aromatic carbocycles. The molecule has 4 nitrogen and oxygen atoms in total. The second kappa shape index (κ2) is 7.25. The minimum absolute atomic E-state index is 0.0101. The van der Waals surface area contributed by atoms with Gasteiger partial charge in [0.2, 0.25) is 0 Å². The molecule has 0 saturated heterocycles. The number of benzene rings is 1. The second-order valence-electron chi connectivity index (χ2n) is 5.90. The molecule has 2 aromatic rings. The standard InChI is InChI=1S/C18H21NO3S/c1-13(20)14-3-2-4-17(9-14)22-12-16(21)11-19-7-5-18-15(10-19)6-8-23-18/h2-4,6,8-9,16,21H,5,7,10-12H2,1H3/t16-/m1/s1. The molecular weight excluding hydrogens is 310 g/mol. The SMILES string of the molecule is CC(=O)c1cccc(OC[C@H](O)CN2CCc3sccc3C2)c1. The molecule has 0 aliphatic carbocycles. The third-order valence-electron chi connectivity index (χ3n) is 4.04. The highest BCUT2D eigenvalue weighted by atomic mass is 32.1. The van der Waals surface area contributed by atoms with Crippen LogP contribution in [0.2, 0.25) is 0 Å². The molecule has 0 fully saturated rings. The largest absolute Gasteiger partial charge is 0.491 e. The lowest BCUT2D eigenvalue weighted by Gasteiger charge is -2.28. The van der Waals surface area contributed by atoms with E-state index >= 15 is 0 Å². The molecule has 1 aliphatic rings. The summed E-state index contributed by atoms with van der Waals surface area (Å²) in [6.07, 6.45) is 0.512. The van der Waals surface area contributed by atoms with Crippen molar-refractivity contribution in [3.63, 3.8) is 0 Å². The normalized spacial score (nSPS) is 15.9. The average molecular weight is 331 g/mol. The van der Waals surface area contributed by atoms with Crippen LogP contribution in [0, 0.1) is 0 Å². The number of ether oxygens (including phenoxy) is 1. The zero-order chi connectivity index (χ0) is 16.2. The van der Waals surface area contributed by atoms with Crippen molar-refractivity contribution in [3.8, 4) is 5.75 Å². The smallest absolute Gasteiger partial charge is 0.159 e. The first kappa shape index (κ1) is 16.2. The monoisotopic (exact) mass is 331 g/mol.